The smallest absolute Gasteiger partial charge is 0.334 e. The molecule has 0 aliphatic carbocycles. The molecule has 2 saturated heterocycles. The van der Waals surface area contributed by atoms with Crippen molar-refractivity contribution in [3.8, 4) is 0 Å². The fourth-order valence-electron chi connectivity index (χ4n) is 1.98. The van der Waals surface area contributed by atoms with Crippen LogP contribution in [0.4, 0.5) is 0 Å². The van der Waals surface area contributed by atoms with Crippen molar-refractivity contribution in [3.63, 3.8) is 0 Å². The van der Waals surface area contributed by atoms with Crippen LogP contribution in [0, 0.1) is 0 Å². The Morgan fingerprint density at radius 1 is 1.73 bits per heavy atom. The highest BCUT2D eigenvalue weighted by molar-refractivity contribution is 5.88. The molecule has 2 aliphatic heterocycles. The molecule has 0 aromatic heterocycles. The molecule has 2 aliphatic rings. The standard InChI is InChI=1S/C9H12N2O4/c10-4-3-5-8(9(13)14)11-6(12)1-2-7(11)15-5/h3,7-8H,1-2,4,10H2,(H,13,14)/b5-3-/t7-,8-/m0/s1. The lowest BCUT2D eigenvalue weighted by Crippen LogP contribution is -2.40. The van der Waals surface area contributed by atoms with E-state index in [1.807, 2.05) is 0 Å². The van der Waals surface area contributed by atoms with Crippen molar-refractivity contribution in [3.05, 3.63) is 11.8 Å². The first-order chi connectivity index (χ1) is 7.15. The number of carbonyl (C=O) groups excluding carboxylic acids is 1. The molecule has 82 valence electrons. The predicted octanol–water partition coefficient (Wildman–Crippen LogP) is -0.739. The molecule has 1 amide bonds. The summed E-state index contributed by atoms with van der Waals surface area (Å²) in [5.41, 5.74) is 5.30. The third kappa shape index (κ3) is 1.46. The van der Waals surface area contributed by atoms with Crippen molar-refractivity contribution in [2.75, 3.05) is 6.54 Å². The second-order valence-electron chi connectivity index (χ2n) is 3.50. The molecular formula is C9H12N2O4. The minimum Gasteiger partial charge on any atom is -0.479 e. The fourth-order valence-corrected chi connectivity index (χ4v) is 1.98. The minimum atomic E-state index is -1.08. The molecule has 15 heavy (non-hydrogen) atoms. The van der Waals surface area contributed by atoms with Crippen molar-refractivity contribution in [1.29, 1.82) is 0 Å². The number of ether oxygens (including phenoxy) is 1. The molecular weight excluding hydrogens is 200 g/mol. The van der Waals surface area contributed by atoms with Crippen molar-refractivity contribution in [1.82, 2.24) is 4.90 Å². The summed E-state index contributed by atoms with van der Waals surface area (Å²) >= 11 is 0. The van der Waals surface area contributed by atoms with Crippen molar-refractivity contribution >= 4 is 11.9 Å². The minimum absolute atomic E-state index is 0.173. The molecule has 3 N–H and O–H groups in total. The third-order valence-corrected chi connectivity index (χ3v) is 2.58. The Morgan fingerprint density at radius 2 is 2.47 bits per heavy atom. The molecule has 0 bridgehead atoms. The first-order valence-corrected chi connectivity index (χ1v) is 4.76. The summed E-state index contributed by atoms with van der Waals surface area (Å²) in [6.45, 7) is 0.202. The molecule has 2 atom stereocenters. The Bertz CT molecular complexity index is 339. The van der Waals surface area contributed by atoms with E-state index in [9.17, 15) is 9.59 Å². The zero-order valence-electron chi connectivity index (χ0n) is 8.05. The van der Waals surface area contributed by atoms with E-state index in [1.165, 1.54) is 11.0 Å². The van der Waals surface area contributed by atoms with Crippen LogP contribution in [-0.2, 0) is 14.3 Å². The first-order valence-electron chi connectivity index (χ1n) is 4.76. The van der Waals surface area contributed by atoms with Gasteiger partial charge in [-0.3, -0.25) is 9.69 Å². The van der Waals surface area contributed by atoms with Crippen LogP contribution in [0.1, 0.15) is 12.8 Å². The van der Waals surface area contributed by atoms with Gasteiger partial charge >= 0.3 is 5.97 Å². The number of rotatable bonds is 2. The third-order valence-electron chi connectivity index (χ3n) is 2.58. The quantitative estimate of drug-likeness (QED) is 0.629. The molecule has 0 aromatic rings. The number of carbonyl (C=O) groups is 2. The molecule has 0 aromatic carbocycles. The normalized spacial score (nSPS) is 31.9. The van der Waals surface area contributed by atoms with E-state index < -0.39 is 18.2 Å². The lowest BCUT2D eigenvalue weighted by molar-refractivity contribution is -0.146. The average molecular weight is 212 g/mol. The molecule has 2 heterocycles. The number of aliphatic carboxylic acids is 1. The van der Waals surface area contributed by atoms with Crippen LogP contribution in [0.25, 0.3) is 0 Å². The molecule has 0 unspecified atom stereocenters. The van der Waals surface area contributed by atoms with Gasteiger partial charge in [-0.05, 0) is 6.08 Å². The topological polar surface area (TPSA) is 92.9 Å². The maximum atomic E-state index is 11.4. The van der Waals surface area contributed by atoms with Gasteiger partial charge < -0.3 is 15.6 Å². The summed E-state index contributed by atoms with van der Waals surface area (Å²) in [5.74, 6) is -0.969. The molecule has 0 spiro atoms. The Balaban J connectivity index is 2.30. The first kappa shape index (κ1) is 9.97. The number of hydrogen-bond acceptors (Lipinski definition) is 4. The van der Waals surface area contributed by atoms with Gasteiger partial charge in [0.25, 0.3) is 0 Å². The fraction of sp³-hybridized carbons (Fsp3) is 0.556. The number of nitrogens with two attached hydrogens (primary N) is 1. The monoisotopic (exact) mass is 212 g/mol. The molecule has 2 fully saturated rings. The molecule has 0 radical (unpaired) electrons. The van der Waals surface area contributed by atoms with E-state index in [1.54, 1.807) is 0 Å². The number of fused-ring (bicyclic) bond motifs is 1. The van der Waals surface area contributed by atoms with Crippen molar-refractivity contribution < 1.29 is 19.4 Å². The maximum Gasteiger partial charge on any atom is 0.334 e. The van der Waals surface area contributed by atoms with Gasteiger partial charge in [0.15, 0.2) is 12.3 Å². The Kier molecular flexibility index (Phi) is 2.36. The summed E-state index contributed by atoms with van der Waals surface area (Å²) in [4.78, 5) is 23.7. The van der Waals surface area contributed by atoms with Crippen LogP contribution in [0.15, 0.2) is 11.8 Å². The van der Waals surface area contributed by atoms with Crippen LogP contribution in [0.5, 0.6) is 0 Å². The zero-order chi connectivity index (χ0) is 11.0. The van der Waals surface area contributed by atoms with Gasteiger partial charge in [-0.15, -0.1) is 0 Å². The van der Waals surface area contributed by atoms with E-state index in [-0.39, 0.29) is 18.2 Å². The van der Waals surface area contributed by atoms with E-state index in [0.29, 0.717) is 12.8 Å². The van der Waals surface area contributed by atoms with Crippen molar-refractivity contribution in [2.24, 2.45) is 5.73 Å². The second kappa shape index (κ2) is 3.54. The molecule has 0 saturated carbocycles. The number of amides is 1. The second-order valence-corrected chi connectivity index (χ2v) is 3.50. The highest BCUT2D eigenvalue weighted by atomic mass is 16.5. The molecule has 6 heteroatoms. The highest BCUT2D eigenvalue weighted by Gasteiger charge is 2.49. The van der Waals surface area contributed by atoms with Gasteiger partial charge in [0.05, 0.1) is 0 Å². The van der Waals surface area contributed by atoms with Crippen LogP contribution < -0.4 is 5.73 Å². The maximum absolute atomic E-state index is 11.4. The Hall–Kier alpha value is -1.56. The van der Waals surface area contributed by atoms with Gasteiger partial charge in [-0.25, -0.2) is 4.79 Å². The lowest BCUT2D eigenvalue weighted by atomic mass is 10.2. The SMILES string of the molecule is NC/C=C1\O[C@H]2CCC(=O)N2[C@@H]1C(=O)O. The summed E-state index contributed by atoms with van der Waals surface area (Å²) in [6.07, 6.45) is 1.98. The zero-order valence-corrected chi connectivity index (χ0v) is 8.05. The summed E-state index contributed by atoms with van der Waals surface area (Å²) in [6, 6.07) is -0.992. The van der Waals surface area contributed by atoms with Crippen LogP contribution in [-0.4, -0.2) is 40.7 Å². The summed E-state index contributed by atoms with van der Waals surface area (Å²) in [7, 11) is 0. The Morgan fingerprint density at radius 3 is 3.07 bits per heavy atom. The number of carboxylic acids is 1. The summed E-state index contributed by atoms with van der Waals surface area (Å²) < 4.78 is 5.38. The highest BCUT2D eigenvalue weighted by Crippen LogP contribution is 2.34. The number of hydrogen-bond donors (Lipinski definition) is 2. The summed E-state index contributed by atoms with van der Waals surface area (Å²) in [5, 5.41) is 9.02. The van der Waals surface area contributed by atoms with E-state index in [0.717, 1.165) is 0 Å². The van der Waals surface area contributed by atoms with E-state index in [2.05, 4.69) is 0 Å². The van der Waals surface area contributed by atoms with Crippen LogP contribution in [0.3, 0.4) is 0 Å². The van der Waals surface area contributed by atoms with Gasteiger partial charge in [-0.2, -0.15) is 0 Å². The Labute approximate surface area is 86.3 Å². The van der Waals surface area contributed by atoms with Crippen molar-refractivity contribution in [2.45, 2.75) is 25.1 Å². The van der Waals surface area contributed by atoms with Crippen LogP contribution in [0.2, 0.25) is 0 Å². The van der Waals surface area contributed by atoms with Crippen LogP contribution >= 0.6 is 0 Å². The van der Waals surface area contributed by atoms with E-state index in [4.69, 9.17) is 15.6 Å². The molecule has 2 rings (SSSR count). The van der Waals surface area contributed by atoms with Gasteiger partial charge in [0, 0.05) is 19.4 Å². The lowest BCUT2D eigenvalue weighted by Gasteiger charge is -2.16. The van der Waals surface area contributed by atoms with Gasteiger partial charge in [0.1, 0.15) is 5.76 Å². The average Bonchev–Trinajstić information content (AvgIpc) is 2.67. The van der Waals surface area contributed by atoms with Gasteiger partial charge in [0.2, 0.25) is 5.91 Å². The number of nitrogens with zero attached hydrogens (tertiary/aromatic N) is 1. The number of carboxylic acid groups (broad SMARTS) is 1. The molecule has 6 nitrogen and oxygen atoms in total. The van der Waals surface area contributed by atoms with E-state index >= 15 is 0 Å². The predicted molar refractivity (Wildman–Crippen MR) is 49.5 cm³/mol. The largest absolute Gasteiger partial charge is 0.479 e. The van der Waals surface area contributed by atoms with Gasteiger partial charge in [-0.1, -0.05) is 0 Å².